The van der Waals surface area contributed by atoms with Crippen LogP contribution in [-0.2, 0) is 4.74 Å². The number of hydrogen-bond donors (Lipinski definition) is 1. The summed E-state index contributed by atoms with van der Waals surface area (Å²) in [5, 5.41) is 3.77. The van der Waals surface area contributed by atoms with Crippen LogP contribution in [-0.4, -0.2) is 25.8 Å². The molecule has 1 N–H and O–H groups in total. The van der Waals surface area contributed by atoms with Crippen LogP contribution in [0.4, 0.5) is 0 Å². The fraction of sp³-hybridized carbons (Fsp3) is 1.00. The van der Waals surface area contributed by atoms with Crippen molar-refractivity contribution < 1.29 is 4.74 Å². The van der Waals surface area contributed by atoms with Crippen LogP contribution in [0.3, 0.4) is 0 Å². The van der Waals surface area contributed by atoms with Crippen molar-refractivity contribution >= 4 is 0 Å². The molecule has 3 unspecified atom stereocenters. The highest BCUT2D eigenvalue weighted by Gasteiger charge is 2.20. The van der Waals surface area contributed by atoms with E-state index in [-0.39, 0.29) is 0 Å². The van der Waals surface area contributed by atoms with Crippen molar-refractivity contribution in [3.8, 4) is 0 Å². The van der Waals surface area contributed by atoms with Crippen molar-refractivity contribution in [3.63, 3.8) is 0 Å². The van der Waals surface area contributed by atoms with Crippen LogP contribution in [0, 0.1) is 11.8 Å². The average molecular weight is 225 g/mol. The Balaban J connectivity index is 1.65. The van der Waals surface area contributed by atoms with Gasteiger partial charge in [0.15, 0.2) is 0 Å². The third-order valence-corrected chi connectivity index (χ3v) is 4.19. The van der Waals surface area contributed by atoms with E-state index in [1.165, 1.54) is 51.5 Å². The van der Waals surface area contributed by atoms with Gasteiger partial charge in [-0.2, -0.15) is 0 Å². The molecular formula is C14H27NO. The van der Waals surface area contributed by atoms with Crippen LogP contribution in [0.2, 0.25) is 0 Å². The summed E-state index contributed by atoms with van der Waals surface area (Å²) < 4.78 is 5.49. The maximum absolute atomic E-state index is 5.49. The highest BCUT2D eigenvalue weighted by Crippen LogP contribution is 2.28. The van der Waals surface area contributed by atoms with Gasteiger partial charge in [0.2, 0.25) is 0 Å². The summed E-state index contributed by atoms with van der Waals surface area (Å²) in [5.74, 6) is 1.89. The smallest absolute Gasteiger partial charge is 0.0480 e. The second kappa shape index (κ2) is 6.61. The Morgan fingerprint density at radius 1 is 1.06 bits per heavy atom. The van der Waals surface area contributed by atoms with Gasteiger partial charge in [-0.15, -0.1) is 0 Å². The predicted molar refractivity (Wildman–Crippen MR) is 67.6 cm³/mol. The topological polar surface area (TPSA) is 21.3 Å². The van der Waals surface area contributed by atoms with Crippen LogP contribution in [0.5, 0.6) is 0 Å². The average Bonchev–Trinajstić information content (AvgIpc) is 2.55. The Morgan fingerprint density at radius 2 is 2.00 bits per heavy atom. The van der Waals surface area contributed by atoms with E-state index in [1.54, 1.807) is 0 Å². The summed E-state index contributed by atoms with van der Waals surface area (Å²) >= 11 is 0. The third kappa shape index (κ3) is 4.06. The highest BCUT2D eigenvalue weighted by atomic mass is 16.5. The molecule has 1 aliphatic heterocycles. The van der Waals surface area contributed by atoms with E-state index in [0.717, 1.165) is 31.1 Å². The van der Waals surface area contributed by atoms with Gasteiger partial charge in [0.05, 0.1) is 0 Å². The number of rotatable bonds is 3. The van der Waals surface area contributed by atoms with E-state index in [0.29, 0.717) is 0 Å². The molecule has 2 aliphatic rings. The monoisotopic (exact) mass is 225 g/mol. The molecule has 2 fully saturated rings. The van der Waals surface area contributed by atoms with Gasteiger partial charge in [0.1, 0.15) is 0 Å². The molecule has 94 valence electrons. The lowest BCUT2D eigenvalue weighted by Gasteiger charge is -2.28. The molecule has 0 radical (unpaired) electrons. The summed E-state index contributed by atoms with van der Waals surface area (Å²) in [5.41, 5.74) is 0. The van der Waals surface area contributed by atoms with Gasteiger partial charge in [-0.05, 0) is 50.5 Å². The Kier molecular flexibility index (Phi) is 5.11. The molecule has 0 bridgehead atoms. The maximum Gasteiger partial charge on any atom is 0.0480 e. The van der Waals surface area contributed by atoms with Crippen LogP contribution in [0.25, 0.3) is 0 Å². The fourth-order valence-electron chi connectivity index (χ4n) is 3.19. The van der Waals surface area contributed by atoms with Gasteiger partial charge in [-0.25, -0.2) is 0 Å². The van der Waals surface area contributed by atoms with Crippen LogP contribution in [0.1, 0.15) is 51.9 Å². The van der Waals surface area contributed by atoms with E-state index in [4.69, 9.17) is 4.74 Å². The summed E-state index contributed by atoms with van der Waals surface area (Å²) in [6, 6.07) is 0.722. The Hall–Kier alpha value is -0.0800. The Morgan fingerprint density at radius 3 is 2.88 bits per heavy atom. The molecule has 2 heteroatoms. The van der Waals surface area contributed by atoms with Crippen molar-refractivity contribution in [1.82, 2.24) is 5.32 Å². The number of ether oxygens (including phenoxy) is 1. The minimum atomic E-state index is 0.722. The molecule has 2 rings (SSSR count). The molecule has 2 nitrogen and oxygen atoms in total. The third-order valence-electron chi connectivity index (χ3n) is 4.19. The zero-order chi connectivity index (χ0) is 11.2. The van der Waals surface area contributed by atoms with E-state index in [2.05, 4.69) is 12.2 Å². The lowest BCUT2D eigenvalue weighted by molar-refractivity contribution is 0.142. The van der Waals surface area contributed by atoms with Gasteiger partial charge in [-0.3, -0.25) is 0 Å². The summed E-state index contributed by atoms with van der Waals surface area (Å²) in [6.45, 7) is 5.58. The van der Waals surface area contributed by atoms with Crippen LogP contribution < -0.4 is 5.32 Å². The van der Waals surface area contributed by atoms with Crippen LogP contribution >= 0.6 is 0 Å². The predicted octanol–water partition coefficient (Wildman–Crippen LogP) is 2.97. The highest BCUT2D eigenvalue weighted by molar-refractivity contribution is 4.76. The van der Waals surface area contributed by atoms with Crippen molar-refractivity contribution in [2.45, 2.75) is 57.9 Å². The van der Waals surface area contributed by atoms with Crippen molar-refractivity contribution in [2.75, 3.05) is 19.8 Å². The van der Waals surface area contributed by atoms with Gasteiger partial charge in [0.25, 0.3) is 0 Å². The molecule has 0 aromatic carbocycles. The first-order chi connectivity index (χ1) is 7.84. The molecule has 0 aromatic rings. The molecule has 0 spiro atoms. The fourth-order valence-corrected chi connectivity index (χ4v) is 3.19. The van der Waals surface area contributed by atoms with Crippen molar-refractivity contribution in [2.24, 2.45) is 11.8 Å². The summed E-state index contributed by atoms with van der Waals surface area (Å²) in [6.07, 6.45) is 9.54. The Bertz CT molecular complexity index is 185. The summed E-state index contributed by atoms with van der Waals surface area (Å²) in [4.78, 5) is 0. The number of nitrogens with one attached hydrogen (secondary N) is 1. The zero-order valence-corrected chi connectivity index (χ0v) is 10.7. The van der Waals surface area contributed by atoms with E-state index in [1.807, 2.05) is 0 Å². The second-order valence-electron chi connectivity index (χ2n) is 5.79. The van der Waals surface area contributed by atoms with Gasteiger partial charge in [0, 0.05) is 19.3 Å². The van der Waals surface area contributed by atoms with Gasteiger partial charge < -0.3 is 10.1 Å². The molecule has 16 heavy (non-hydrogen) atoms. The van der Waals surface area contributed by atoms with E-state index < -0.39 is 0 Å². The summed E-state index contributed by atoms with van der Waals surface area (Å²) in [7, 11) is 0. The van der Waals surface area contributed by atoms with Crippen LogP contribution in [0.15, 0.2) is 0 Å². The van der Waals surface area contributed by atoms with E-state index >= 15 is 0 Å². The van der Waals surface area contributed by atoms with E-state index in [9.17, 15) is 0 Å². The Labute approximate surface area is 100 Å². The molecule has 1 saturated heterocycles. The van der Waals surface area contributed by atoms with Crippen molar-refractivity contribution in [1.29, 1.82) is 0 Å². The molecule has 1 heterocycles. The van der Waals surface area contributed by atoms with Gasteiger partial charge >= 0.3 is 0 Å². The minimum Gasteiger partial charge on any atom is -0.381 e. The maximum atomic E-state index is 5.49. The molecular weight excluding hydrogens is 198 g/mol. The lowest BCUT2D eigenvalue weighted by atomic mass is 9.82. The molecule has 1 aliphatic carbocycles. The zero-order valence-electron chi connectivity index (χ0n) is 10.7. The largest absolute Gasteiger partial charge is 0.381 e. The minimum absolute atomic E-state index is 0.722. The quantitative estimate of drug-likeness (QED) is 0.797. The van der Waals surface area contributed by atoms with Gasteiger partial charge in [-0.1, -0.05) is 19.8 Å². The standard InChI is InChI=1S/C14H27NO/c1-12-4-2-5-13(10-12)11-15-14-6-3-8-16-9-7-14/h12-15H,2-11H2,1H3. The number of hydrogen-bond acceptors (Lipinski definition) is 2. The lowest BCUT2D eigenvalue weighted by Crippen LogP contribution is -2.35. The first-order valence-electron chi connectivity index (χ1n) is 7.15. The SMILES string of the molecule is CC1CCCC(CNC2CCCOCC2)C1. The normalized spacial score (nSPS) is 36.9. The molecule has 3 atom stereocenters. The molecule has 0 aromatic heterocycles. The van der Waals surface area contributed by atoms with Crippen molar-refractivity contribution in [3.05, 3.63) is 0 Å². The molecule has 1 saturated carbocycles. The second-order valence-corrected chi connectivity index (χ2v) is 5.79. The first-order valence-corrected chi connectivity index (χ1v) is 7.15. The first kappa shape index (κ1) is 12.4. The molecule has 0 amide bonds.